The summed E-state index contributed by atoms with van der Waals surface area (Å²) in [4.78, 5) is 16.5. The van der Waals surface area contributed by atoms with Gasteiger partial charge < -0.3 is 9.30 Å². The van der Waals surface area contributed by atoms with Crippen LogP contribution in [0.2, 0.25) is 0 Å². The summed E-state index contributed by atoms with van der Waals surface area (Å²) >= 11 is 0.741. The third-order valence-electron chi connectivity index (χ3n) is 4.83. The fourth-order valence-corrected chi connectivity index (χ4v) is 4.79. The minimum atomic E-state index is -3.59. The molecule has 33 heavy (non-hydrogen) atoms. The number of ether oxygens (including phenoxy) is 1. The number of nitrogens with zero attached hydrogens (tertiary/aromatic N) is 4. The third kappa shape index (κ3) is 5.13. The minimum absolute atomic E-state index is 0.00397. The highest BCUT2D eigenvalue weighted by molar-refractivity contribution is 7.91. The monoisotopic (exact) mass is 485 g/mol. The van der Waals surface area contributed by atoms with Gasteiger partial charge >= 0.3 is 0 Å². The van der Waals surface area contributed by atoms with Crippen molar-refractivity contribution in [2.24, 2.45) is 0 Å². The average molecular weight is 486 g/mol. The van der Waals surface area contributed by atoms with Crippen molar-refractivity contribution in [3.63, 3.8) is 0 Å². The van der Waals surface area contributed by atoms with E-state index in [9.17, 15) is 18.5 Å². The highest BCUT2D eigenvalue weighted by Crippen LogP contribution is 2.29. The van der Waals surface area contributed by atoms with Gasteiger partial charge in [0.25, 0.3) is 11.1 Å². The Bertz CT molecular complexity index is 1360. The maximum atomic E-state index is 12.6. The zero-order valence-electron chi connectivity index (χ0n) is 18.6. The van der Waals surface area contributed by atoms with Gasteiger partial charge in [-0.15, -0.1) is 0 Å². The van der Waals surface area contributed by atoms with Crippen molar-refractivity contribution in [3.05, 3.63) is 52.9 Å². The van der Waals surface area contributed by atoms with Crippen LogP contribution in [0.15, 0.2) is 41.1 Å². The number of hydrogen-bond donors (Lipinski definition) is 1. The number of amides is 1. The molecule has 3 aromatic rings. The molecule has 3 rings (SSSR count). The van der Waals surface area contributed by atoms with Crippen LogP contribution in [0.5, 0.6) is 5.75 Å². The van der Waals surface area contributed by atoms with Crippen LogP contribution in [-0.4, -0.2) is 40.6 Å². The molecule has 0 aliphatic rings. The second-order valence-corrected chi connectivity index (χ2v) is 9.90. The summed E-state index contributed by atoms with van der Waals surface area (Å²) in [5.74, 6) is -0.124. The quantitative estimate of drug-likeness (QED) is 0.381. The molecule has 0 radical (unpaired) electrons. The van der Waals surface area contributed by atoms with Gasteiger partial charge in [0, 0.05) is 22.9 Å². The van der Waals surface area contributed by atoms with E-state index in [2.05, 4.69) is 14.7 Å². The first-order valence-electron chi connectivity index (χ1n) is 10.1. The Morgan fingerprint density at radius 2 is 2.03 bits per heavy atom. The summed E-state index contributed by atoms with van der Waals surface area (Å²) in [5, 5.41) is 11.7. The van der Waals surface area contributed by atoms with Gasteiger partial charge in [-0.05, 0) is 50.6 Å². The molecule has 2 heterocycles. The Hall–Kier alpha value is -3.49. The topological polar surface area (TPSA) is 127 Å². The van der Waals surface area contributed by atoms with E-state index < -0.39 is 15.7 Å². The number of nitrogens with one attached hydrogen (secondary N) is 1. The van der Waals surface area contributed by atoms with Crippen LogP contribution < -0.4 is 10.1 Å². The molecule has 0 bridgehead atoms. The molecule has 9 nitrogen and oxygen atoms in total. The number of aryl methyl sites for hydroxylation is 1. The van der Waals surface area contributed by atoms with Crippen LogP contribution >= 0.6 is 11.5 Å². The zero-order chi connectivity index (χ0) is 24.2. The lowest BCUT2D eigenvalue weighted by atomic mass is 10.1. The molecular formula is C22H23N5O4S2. The number of rotatable bonds is 8. The molecule has 1 N–H and O–H groups in total. The number of hydrogen-bond acceptors (Lipinski definition) is 8. The highest BCUT2D eigenvalue weighted by Gasteiger charge is 2.20. The van der Waals surface area contributed by atoms with E-state index in [4.69, 9.17) is 4.74 Å². The van der Waals surface area contributed by atoms with Crippen LogP contribution in [-0.2, 0) is 14.6 Å². The van der Waals surface area contributed by atoms with E-state index in [0.29, 0.717) is 12.2 Å². The van der Waals surface area contributed by atoms with Gasteiger partial charge in [-0.2, -0.15) is 14.6 Å². The maximum Gasteiger partial charge on any atom is 0.268 e. The number of carbonyl (C=O) groups is 1. The van der Waals surface area contributed by atoms with E-state index in [0.717, 1.165) is 34.4 Å². The molecule has 172 valence electrons. The molecule has 1 aromatic carbocycles. The molecule has 0 aliphatic heterocycles. The summed E-state index contributed by atoms with van der Waals surface area (Å²) in [6.07, 6.45) is 1.49. The molecule has 0 spiro atoms. The van der Waals surface area contributed by atoms with Crippen molar-refractivity contribution in [2.75, 3.05) is 17.7 Å². The molecule has 0 saturated heterocycles. The van der Waals surface area contributed by atoms with Gasteiger partial charge in [-0.3, -0.25) is 10.1 Å². The number of nitriles is 1. The predicted octanol–water partition coefficient (Wildman–Crippen LogP) is 3.68. The number of para-hydroxylation sites is 2. The lowest BCUT2D eigenvalue weighted by Gasteiger charge is -2.14. The van der Waals surface area contributed by atoms with Crippen molar-refractivity contribution in [2.45, 2.75) is 32.9 Å². The van der Waals surface area contributed by atoms with Gasteiger partial charge in [0.2, 0.25) is 15.0 Å². The molecule has 0 aliphatic carbocycles. The Morgan fingerprint density at radius 1 is 1.30 bits per heavy atom. The molecule has 1 amide bonds. The number of anilines is 1. The maximum absolute atomic E-state index is 12.6. The van der Waals surface area contributed by atoms with Crippen molar-refractivity contribution >= 4 is 38.5 Å². The Morgan fingerprint density at radius 3 is 2.70 bits per heavy atom. The van der Waals surface area contributed by atoms with Crippen LogP contribution in [0.25, 0.3) is 11.8 Å². The van der Waals surface area contributed by atoms with E-state index in [-0.39, 0.29) is 21.6 Å². The van der Waals surface area contributed by atoms with Crippen molar-refractivity contribution < 1.29 is 17.9 Å². The summed E-state index contributed by atoms with van der Waals surface area (Å²) in [5.41, 5.74) is 3.13. The zero-order valence-corrected chi connectivity index (χ0v) is 20.2. The number of sulfone groups is 1. The van der Waals surface area contributed by atoms with Crippen molar-refractivity contribution in [3.8, 4) is 17.5 Å². The van der Waals surface area contributed by atoms with E-state index in [1.54, 1.807) is 0 Å². The second-order valence-electron chi connectivity index (χ2n) is 6.97. The average Bonchev–Trinajstić information content (AvgIpc) is 3.37. The van der Waals surface area contributed by atoms with Crippen LogP contribution in [0.3, 0.4) is 0 Å². The number of benzene rings is 1. The number of aromatic nitrogens is 3. The van der Waals surface area contributed by atoms with Gasteiger partial charge in [-0.25, -0.2) is 8.42 Å². The lowest BCUT2D eigenvalue weighted by Crippen LogP contribution is -2.14. The molecule has 11 heteroatoms. The predicted molar refractivity (Wildman–Crippen MR) is 126 cm³/mol. The van der Waals surface area contributed by atoms with Gasteiger partial charge in [-0.1, -0.05) is 19.1 Å². The number of carbonyl (C=O) groups excluding carboxylic acids is 1. The lowest BCUT2D eigenvalue weighted by molar-refractivity contribution is -0.112. The summed E-state index contributed by atoms with van der Waals surface area (Å²) in [6, 6.07) is 11.4. The first-order valence-corrected chi connectivity index (χ1v) is 12.5. The van der Waals surface area contributed by atoms with Gasteiger partial charge in [0.1, 0.15) is 17.4 Å². The van der Waals surface area contributed by atoms with Crippen LogP contribution in [0.4, 0.5) is 5.13 Å². The third-order valence-corrected chi connectivity index (χ3v) is 7.07. The molecular weight excluding hydrogens is 462 g/mol. The van der Waals surface area contributed by atoms with E-state index in [1.165, 1.54) is 13.0 Å². The van der Waals surface area contributed by atoms with Crippen molar-refractivity contribution in [1.82, 2.24) is 13.9 Å². The van der Waals surface area contributed by atoms with Gasteiger partial charge in [0.15, 0.2) is 0 Å². The molecule has 0 unspecified atom stereocenters. The fourth-order valence-electron chi connectivity index (χ4n) is 3.21. The smallest absolute Gasteiger partial charge is 0.268 e. The first kappa shape index (κ1) is 24.2. The first-order chi connectivity index (χ1) is 15.7. The minimum Gasteiger partial charge on any atom is -0.492 e. The molecule has 0 saturated carbocycles. The van der Waals surface area contributed by atoms with E-state index in [1.807, 2.05) is 61.7 Å². The normalized spacial score (nSPS) is 11.8. The largest absolute Gasteiger partial charge is 0.492 e. The highest BCUT2D eigenvalue weighted by atomic mass is 32.2. The second kappa shape index (κ2) is 9.97. The fraction of sp³-hybridized carbons (Fsp3) is 0.273. The molecule has 0 fully saturated rings. The van der Waals surface area contributed by atoms with Gasteiger partial charge in [0.05, 0.1) is 18.0 Å². The molecule has 0 atom stereocenters. The van der Waals surface area contributed by atoms with Crippen LogP contribution in [0, 0.1) is 25.2 Å². The standard InChI is InChI=1S/C22H23N5O4S2/c1-5-31-19-10-8-7-9-18(19)27-14(3)11-16(15(27)4)12-17(13-23)20(28)24-21-25-22(26-32-21)33(29,30)6-2/h7-12H,5-6H2,1-4H3,(H,24,25,26,28)/b17-12-. The van der Waals surface area contributed by atoms with E-state index >= 15 is 0 Å². The molecule has 2 aromatic heterocycles. The summed E-state index contributed by atoms with van der Waals surface area (Å²) in [7, 11) is -3.59. The summed E-state index contributed by atoms with van der Waals surface area (Å²) < 4.78 is 35.3. The van der Waals surface area contributed by atoms with Crippen molar-refractivity contribution in [1.29, 1.82) is 5.26 Å². The Balaban J connectivity index is 1.92. The summed E-state index contributed by atoms with van der Waals surface area (Å²) in [6.45, 7) is 7.73. The van der Waals surface area contributed by atoms with Crippen LogP contribution in [0.1, 0.15) is 30.8 Å². The Labute approximate surface area is 196 Å². The SMILES string of the molecule is CCOc1ccccc1-n1c(C)cc(/C=C(/C#N)C(=O)Nc2nc(S(=O)(=O)CC)ns2)c1C. The Kier molecular flexibility index (Phi) is 7.30.